The fraction of sp³-hybridized carbons (Fsp3) is 0.267. The summed E-state index contributed by atoms with van der Waals surface area (Å²) in [6.07, 6.45) is 1.68. The van der Waals surface area contributed by atoms with Crippen molar-refractivity contribution in [1.82, 2.24) is 0 Å². The van der Waals surface area contributed by atoms with Crippen LogP contribution < -0.4 is 10.5 Å². The fourth-order valence-corrected chi connectivity index (χ4v) is 1.80. The molecule has 0 aliphatic rings. The van der Waals surface area contributed by atoms with Gasteiger partial charge in [0.15, 0.2) is 6.10 Å². The molecule has 0 saturated heterocycles. The molecule has 0 bridgehead atoms. The minimum absolute atomic E-state index is 0.190. The van der Waals surface area contributed by atoms with E-state index in [0.29, 0.717) is 17.9 Å². The Labute approximate surface area is 112 Å². The van der Waals surface area contributed by atoms with Gasteiger partial charge in [-0.15, -0.1) is 0 Å². The molecule has 0 fully saturated rings. The molecule has 2 rings (SSSR count). The van der Waals surface area contributed by atoms with E-state index >= 15 is 0 Å². The first-order chi connectivity index (χ1) is 9.20. The number of hydrogen-bond acceptors (Lipinski definition) is 4. The van der Waals surface area contributed by atoms with Crippen LogP contribution in [0, 0.1) is 11.3 Å². The van der Waals surface area contributed by atoms with Crippen LogP contribution in [0.25, 0.3) is 0 Å². The summed E-state index contributed by atoms with van der Waals surface area (Å²) in [7, 11) is 0. The van der Waals surface area contributed by atoms with Gasteiger partial charge in [0, 0.05) is 6.04 Å². The molecule has 0 spiro atoms. The number of nitrogens with two attached hydrogens (primary N) is 1. The zero-order chi connectivity index (χ0) is 13.7. The Balaban J connectivity index is 2.12. The molecule has 4 nitrogen and oxygen atoms in total. The Kier molecular flexibility index (Phi) is 4.22. The third-order valence-electron chi connectivity index (χ3n) is 2.77. The molecule has 0 radical (unpaired) electrons. The Bertz CT molecular complexity index is 539. The van der Waals surface area contributed by atoms with Crippen LogP contribution in [0.2, 0.25) is 0 Å². The first kappa shape index (κ1) is 13.2. The Morgan fingerprint density at radius 2 is 2.05 bits per heavy atom. The molecular weight excluding hydrogens is 240 g/mol. The molecule has 0 amide bonds. The third kappa shape index (κ3) is 3.36. The van der Waals surface area contributed by atoms with E-state index < -0.39 is 0 Å². The first-order valence-corrected chi connectivity index (χ1v) is 6.12. The maximum absolute atomic E-state index is 8.62. The van der Waals surface area contributed by atoms with Crippen LogP contribution in [-0.4, -0.2) is 6.04 Å². The highest BCUT2D eigenvalue weighted by atomic mass is 16.5. The van der Waals surface area contributed by atoms with Crippen LogP contribution >= 0.6 is 0 Å². The van der Waals surface area contributed by atoms with Crippen molar-refractivity contribution in [2.75, 3.05) is 0 Å². The lowest BCUT2D eigenvalue weighted by atomic mass is 10.1. The number of nitrogens with zero attached hydrogens (tertiary/aromatic N) is 1. The van der Waals surface area contributed by atoms with Crippen LogP contribution in [0.1, 0.15) is 24.4 Å². The summed E-state index contributed by atoms with van der Waals surface area (Å²) in [4.78, 5) is 0. The average Bonchev–Trinajstić information content (AvgIpc) is 2.91. The molecule has 0 saturated carbocycles. The molecule has 19 heavy (non-hydrogen) atoms. The number of furan rings is 1. The molecule has 1 heterocycles. The van der Waals surface area contributed by atoms with Crippen molar-refractivity contribution >= 4 is 0 Å². The predicted molar refractivity (Wildman–Crippen MR) is 71.5 cm³/mol. The number of benzene rings is 1. The summed E-state index contributed by atoms with van der Waals surface area (Å²) in [6, 6.07) is 13.0. The number of hydrogen-bond donors (Lipinski definition) is 1. The van der Waals surface area contributed by atoms with Gasteiger partial charge in [-0.3, -0.25) is 0 Å². The van der Waals surface area contributed by atoms with Gasteiger partial charge >= 0.3 is 0 Å². The highest BCUT2D eigenvalue weighted by Gasteiger charge is 2.20. The monoisotopic (exact) mass is 256 g/mol. The highest BCUT2D eigenvalue weighted by molar-refractivity contribution is 5.29. The Hall–Kier alpha value is -2.25. The molecule has 98 valence electrons. The second kappa shape index (κ2) is 6.07. The zero-order valence-electron chi connectivity index (χ0n) is 10.7. The molecule has 0 aliphatic heterocycles. The second-order valence-corrected chi connectivity index (χ2v) is 4.39. The van der Waals surface area contributed by atoms with Gasteiger partial charge in [0.2, 0.25) is 0 Å². The van der Waals surface area contributed by atoms with Crippen LogP contribution in [0.15, 0.2) is 47.1 Å². The van der Waals surface area contributed by atoms with Crippen molar-refractivity contribution in [2.45, 2.75) is 25.5 Å². The first-order valence-electron chi connectivity index (χ1n) is 6.12. The lowest BCUT2D eigenvalue weighted by molar-refractivity contribution is 0.153. The predicted octanol–water partition coefficient (Wildman–Crippen LogP) is 2.81. The van der Waals surface area contributed by atoms with Crippen molar-refractivity contribution in [2.24, 2.45) is 5.73 Å². The largest absolute Gasteiger partial charge is 0.481 e. The highest BCUT2D eigenvalue weighted by Crippen LogP contribution is 2.24. The van der Waals surface area contributed by atoms with Crippen LogP contribution in [0.3, 0.4) is 0 Å². The standard InChI is InChI=1S/C15H16N2O2/c1-11(17)15(14-3-2-10-18-14)19-13-6-4-12(5-7-13)8-9-16/h2-7,10-11,15H,8,17H2,1H3. The summed E-state index contributed by atoms with van der Waals surface area (Å²) < 4.78 is 11.2. The summed E-state index contributed by atoms with van der Waals surface area (Å²) >= 11 is 0. The molecule has 2 N–H and O–H groups in total. The molecule has 1 aromatic heterocycles. The minimum Gasteiger partial charge on any atom is -0.481 e. The van der Waals surface area contributed by atoms with E-state index in [0.717, 1.165) is 5.56 Å². The lowest BCUT2D eigenvalue weighted by Crippen LogP contribution is -2.28. The number of ether oxygens (including phenoxy) is 1. The van der Waals surface area contributed by atoms with E-state index in [9.17, 15) is 0 Å². The number of rotatable bonds is 5. The summed E-state index contributed by atoms with van der Waals surface area (Å²) in [5, 5.41) is 8.62. The maximum atomic E-state index is 8.62. The van der Waals surface area contributed by atoms with Crippen molar-refractivity contribution < 1.29 is 9.15 Å². The molecule has 0 aliphatic carbocycles. The second-order valence-electron chi connectivity index (χ2n) is 4.39. The van der Waals surface area contributed by atoms with E-state index in [2.05, 4.69) is 6.07 Å². The van der Waals surface area contributed by atoms with Crippen LogP contribution in [0.5, 0.6) is 5.75 Å². The van der Waals surface area contributed by atoms with Gasteiger partial charge in [-0.05, 0) is 36.8 Å². The van der Waals surface area contributed by atoms with E-state index in [4.69, 9.17) is 20.1 Å². The van der Waals surface area contributed by atoms with Gasteiger partial charge in [-0.2, -0.15) is 5.26 Å². The third-order valence-corrected chi connectivity index (χ3v) is 2.77. The molecule has 2 atom stereocenters. The van der Waals surface area contributed by atoms with Gasteiger partial charge in [-0.1, -0.05) is 12.1 Å². The summed E-state index contributed by atoms with van der Waals surface area (Å²) in [5.74, 6) is 1.41. The van der Waals surface area contributed by atoms with E-state index in [1.165, 1.54) is 0 Å². The van der Waals surface area contributed by atoms with Crippen LogP contribution in [0.4, 0.5) is 0 Å². The molecule has 4 heteroatoms. The molecular formula is C15H16N2O2. The van der Waals surface area contributed by atoms with E-state index in [1.54, 1.807) is 6.26 Å². The summed E-state index contributed by atoms with van der Waals surface area (Å²) in [6.45, 7) is 1.87. The van der Waals surface area contributed by atoms with Crippen molar-refractivity contribution in [3.05, 3.63) is 54.0 Å². The fourth-order valence-electron chi connectivity index (χ4n) is 1.80. The van der Waals surface area contributed by atoms with Gasteiger partial charge in [0.1, 0.15) is 11.5 Å². The molecule has 2 aromatic rings. The van der Waals surface area contributed by atoms with Crippen molar-refractivity contribution in [3.8, 4) is 11.8 Å². The Morgan fingerprint density at radius 1 is 1.32 bits per heavy atom. The average molecular weight is 256 g/mol. The number of nitriles is 1. The summed E-state index contributed by atoms with van der Waals surface area (Å²) in [5.41, 5.74) is 6.89. The normalized spacial score (nSPS) is 13.5. The quantitative estimate of drug-likeness (QED) is 0.892. The van der Waals surface area contributed by atoms with Crippen molar-refractivity contribution in [3.63, 3.8) is 0 Å². The molecule has 1 aromatic carbocycles. The van der Waals surface area contributed by atoms with E-state index in [1.807, 2.05) is 43.3 Å². The Morgan fingerprint density at radius 3 is 2.58 bits per heavy atom. The van der Waals surface area contributed by atoms with Gasteiger partial charge in [0.05, 0.1) is 18.8 Å². The molecule has 2 unspecified atom stereocenters. The zero-order valence-corrected chi connectivity index (χ0v) is 10.7. The van der Waals surface area contributed by atoms with Crippen molar-refractivity contribution in [1.29, 1.82) is 5.26 Å². The SMILES string of the molecule is CC(N)C(Oc1ccc(CC#N)cc1)c1ccco1. The van der Waals surface area contributed by atoms with Gasteiger partial charge < -0.3 is 14.9 Å². The smallest absolute Gasteiger partial charge is 0.171 e. The maximum Gasteiger partial charge on any atom is 0.171 e. The van der Waals surface area contributed by atoms with Gasteiger partial charge in [-0.25, -0.2) is 0 Å². The van der Waals surface area contributed by atoms with E-state index in [-0.39, 0.29) is 12.1 Å². The topological polar surface area (TPSA) is 72.2 Å². The van der Waals surface area contributed by atoms with Crippen LogP contribution in [-0.2, 0) is 6.42 Å². The minimum atomic E-state index is -0.322. The lowest BCUT2D eigenvalue weighted by Gasteiger charge is -2.20. The van der Waals surface area contributed by atoms with Gasteiger partial charge in [0.25, 0.3) is 0 Å².